The average molecular weight is 411 g/mol. The maximum Gasteiger partial charge on any atom is 0.293 e. The highest BCUT2D eigenvalue weighted by Crippen LogP contribution is 2.31. The normalized spacial score (nSPS) is 15.3. The van der Waals surface area contributed by atoms with Crippen molar-refractivity contribution in [3.05, 3.63) is 64.7 Å². The summed E-state index contributed by atoms with van der Waals surface area (Å²) in [6.45, 7) is 4.04. The molecule has 1 aromatic heterocycles. The number of thioether (sulfide) groups is 1. The monoisotopic (exact) mass is 411 g/mol. The van der Waals surface area contributed by atoms with Crippen LogP contribution in [0.25, 0.3) is 6.08 Å². The summed E-state index contributed by atoms with van der Waals surface area (Å²) in [7, 11) is 0. The Hall–Kier alpha value is -3.13. The zero-order valence-electron chi connectivity index (χ0n) is 16.1. The van der Waals surface area contributed by atoms with Crippen molar-refractivity contribution < 1.29 is 19.1 Å². The number of ether oxygens (including phenoxy) is 1. The van der Waals surface area contributed by atoms with Crippen LogP contribution in [-0.2, 0) is 4.79 Å². The third-order valence-corrected chi connectivity index (χ3v) is 4.85. The molecule has 1 aromatic carbocycles. The molecule has 150 valence electrons. The fourth-order valence-electron chi connectivity index (χ4n) is 2.60. The zero-order chi connectivity index (χ0) is 20.8. The van der Waals surface area contributed by atoms with Crippen molar-refractivity contribution in [2.75, 3.05) is 13.1 Å². The van der Waals surface area contributed by atoms with E-state index in [0.717, 1.165) is 22.2 Å². The molecule has 0 spiro atoms. The lowest BCUT2D eigenvalue weighted by Gasteiger charge is -2.13. The van der Waals surface area contributed by atoms with Crippen LogP contribution in [0.2, 0.25) is 0 Å². The molecule has 29 heavy (non-hydrogen) atoms. The lowest BCUT2D eigenvalue weighted by molar-refractivity contribution is -0.122. The maximum atomic E-state index is 12.5. The summed E-state index contributed by atoms with van der Waals surface area (Å²) >= 11 is 0.900. The van der Waals surface area contributed by atoms with Gasteiger partial charge in [-0.2, -0.15) is 0 Å². The van der Waals surface area contributed by atoms with Crippen LogP contribution in [0.1, 0.15) is 29.8 Å². The Morgan fingerprint density at radius 3 is 2.62 bits per heavy atom. The molecule has 0 unspecified atom stereocenters. The minimum atomic E-state index is -0.352. The first-order chi connectivity index (χ1) is 13.9. The maximum absolute atomic E-state index is 12.5. The van der Waals surface area contributed by atoms with Crippen LogP contribution in [0.15, 0.2) is 53.6 Å². The van der Waals surface area contributed by atoms with Crippen LogP contribution in [0, 0.1) is 0 Å². The van der Waals surface area contributed by atoms with Gasteiger partial charge in [0.25, 0.3) is 17.1 Å². The molecule has 3 amide bonds. The number of carbonyl (C=O) groups excluding carboxylic acids is 3. The van der Waals surface area contributed by atoms with E-state index in [1.165, 1.54) is 6.20 Å². The van der Waals surface area contributed by atoms with Crippen LogP contribution in [0.4, 0.5) is 4.79 Å². The number of amides is 3. The first kappa shape index (κ1) is 20.6. The number of pyridine rings is 1. The summed E-state index contributed by atoms with van der Waals surface area (Å²) in [5, 5.41) is 2.35. The molecule has 0 bridgehead atoms. The number of imide groups is 1. The Kier molecular flexibility index (Phi) is 6.66. The molecule has 1 aliphatic heterocycles. The molecular weight excluding hydrogens is 390 g/mol. The van der Waals surface area contributed by atoms with E-state index in [0.29, 0.717) is 16.3 Å². The highest BCUT2D eigenvalue weighted by atomic mass is 32.2. The van der Waals surface area contributed by atoms with Crippen LogP contribution in [-0.4, -0.2) is 46.1 Å². The standard InChI is InChI=1S/C21H21N3O4S/c1-14(2)28-18-9-8-16(13-23-18)19(25)22-10-11-24-20(26)17(29-21(24)27)12-15-6-4-3-5-7-15/h3-9,12-14H,10-11H2,1-2H3,(H,22,25)/b17-12-. The van der Waals surface area contributed by atoms with Crippen molar-refractivity contribution >= 4 is 34.9 Å². The number of hydrogen-bond acceptors (Lipinski definition) is 6. The van der Waals surface area contributed by atoms with Gasteiger partial charge in [0.05, 0.1) is 16.6 Å². The van der Waals surface area contributed by atoms with Gasteiger partial charge in [0.2, 0.25) is 5.88 Å². The third-order valence-electron chi connectivity index (χ3n) is 3.95. The quantitative estimate of drug-likeness (QED) is 0.703. The molecule has 7 nitrogen and oxygen atoms in total. The number of hydrogen-bond donors (Lipinski definition) is 1. The first-order valence-electron chi connectivity index (χ1n) is 9.15. The largest absolute Gasteiger partial charge is 0.475 e. The number of aromatic nitrogens is 1. The Morgan fingerprint density at radius 2 is 1.97 bits per heavy atom. The lowest BCUT2D eigenvalue weighted by atomic mass is 10.2. The Bertz CT molecular complexity index is 927. The highest BCUT2D eigenvalue weighted by Gasteiger charge is 2.34. The summed E-state index contributed by atoms with van der Waals surface area (Å²) in [5.41, 5.74) is 1.22. The Morgan fingerprint density at radius 1 is 1.21 bits per heavy atom. The molecule has 0 atom stereocenters. The molecule has 8 heteroatoms. The average Bonchev–Trinajstić information content (AvgIpc) is 2.96. The van der Waals surface area contributed by atoms with Crippen LogP contribution >= 0.6 is 11.8 Å². The van der Waals surface area contributed by atoms with Gasteiger partial charge < -0.3 is 10.1 Å². The second-order valence-corrected chi connectivity index (χ2v) is 7.54. The number of nitrogens with zero attached hydrogens (tertiary/aromatic N) is 2. The second-order valence-electron chi connectivity index (χ2n) is 6.55. The van der Waals surface area contributed by atoms with Crippen molar-refractivity contribution in [3.8, 4) is 5.88 Å². The van der Waals surface area contributed by atoms with E-state index in [4.69, 9.17) is 4.74 Å². The van der Waals surface area contributed by atoms with Crippen molar-refractivity contribution in [2.45, 2.75) is 20.0 Å². The van der Waals surface area contributed by atoms with Gasteiger partial charge in [0.1, 0.15) is 0 Å². The molecule has 1 aliphatic rings. The molecule has 1 saturated heterocycles. The minimum absolute atomic E-state index is 0.00332. The molecule has 0 saturated carbocycles. The number of nitrogens with one attached hydrogen (secondary N) is 1. The SMILES string of the molecule is CC(C)Oc1ccc(C(=O)NCCN2C(=O)S/C(=C\c3ccccc3)C2=O)cn1. The fraction of sp³-hybridized carbons (Fsp3) is 0.238. The highest BCUT2D eigenvalue weighted by molar-refractivity contribution is 8.18. The van der Waals surface area contributed by atoms with E-state index in [-0.39, 0.29) is 36.2 Å². The second kappa shape index (κ2) is 9.38. The fourth-order valence-corrected chi connectivity index (χ4v) is 3.47. The summed E-state index contributed by atoms with van der Waals surface area (Å²) in [5.74, 6) is -0.241. The van der Waals surface area contributed by atoms with Crippen LogP contribution < -0.4 is 10.1 Å². The van der Waals surface area contributed by atoms with Crippen molar-refractivity contribution in [3.63, 3.8) is 0 Å². The van der Waals surface area contributed by atoms with E-state index in [9.17, 15) is 14.4 Å². The van der Waals surface area contributed by atoms with Gasteiger partial charge in [0, 0.05) is 25.4 Å². The van der Waals surface area contributed by atoms with Gasteiger partial charge in [0.15, 0.2) is 0 Å². The number of rotatable bonds is 7. The number of benzene rings is 1. The summed E-state index contributed by atoms with van der Waals surface area (Å²) in [6, 6.07) is 12.6. The molecule has 1 fully saturated rings. The van der Waals surface area contributed by atoms with Crippen molar-refractivity contribution in [1.29, 1.82) is 0 Å². The van der Waals surface area contributed by atoms with Gasteiger partial charge >= 0.3 is 0 Å². The summed E-state index contributed by atoms with van der Waals surface area (Å²) < 4.78 is 5.44. The van der Waals surface area contributed by atoms with Gasteiger partial charge in [-0.1, -0.05) is 30.3 Å². The first-order valence-corrected chi connectivity index (χ1v) is 9.97. The Balaban J connectivity index is 1.53. The van der Waals surface area contributed by atoms with E-state index in [2.05, 4.69) is 10.3 Å². The summed E-state index contributed by atoms with van der Waals surface area (Å²) in [4.78, 5) is 42.4. The molecule has 3 rings (SSSR count). The zero-order valence-corrected chi connectivity index (χ0v) is 16.9. The predicted molar refractivity (Wildman–Crippen MR) is 111 cm³/mol. The van der Waals surface area contributed by atoms with Gasteiger partial charge in [-0.25, -0.2) is 4.98 Å². The molecule has 1 N–H and O–H groups in total. The minimum Gasteiger partial charge on any atom is -0.475 e. The molecule has 0 radical (unpaired) electrons. The third kappa shape index (κ3) is 5.45. The van der Waals surface area contributed by atoms with E-state index < -0.39 is 0 Å². The van der Waals surface area contributed by atoms with Gasteiger partial charge in [-0.3, -0.25) is 19.3 Å². The van der Waals surface area contributed by atoms with Crippen LogP contribution in [0.3, 0.4) is 0 Å². The Labute approximate surface area is 173 Å². The number of carbonyl (C=O) groups is 3. The lowest BCUT2D eigenvalue weighted by Crippen LogP contribution is -2.37. The van der Waals surface area contributed by atoms with E-state index in [1.54, 1.807) is 18.2 Å². The molecule has 0 aliphatic carbocycles. The molecular formula is C21H21N3O4S. The van der Waals surface area contributed by atoms with E-state index >= 15 is 0 Å². The van der Waals surface area contributed by atoms with Gasteiger partial charge in [-0.15, -0.1) is 0 Å². The van der Waals surface area contributed by atoms with Crippen LogP contribution in [0.5, 0.6) is 5.88 Å². The topological polar surface area (TPSA) is 88.6 Å². The predicted octanol–water partition coefficient (Wildman–Crippen LogP) is 3.34. The van der Waals surface area contributed by atoms with Crippen molar-refractivity contribution in [1.82, 2.24) is 15.2 Å². The summed E-state index contributed by atoms with van der Waals surface area (Å²) in [6.07, 6.45) is 3.11. The van der Waals surface area contributed by atoms with Crippen molar-refractivity contribution in [2.24, 2.45) is 0 Å². The smallest absolute Gasteiger partial charge is 0.293 e. The molecule has 2 heterocycles. The van der Waals surface area contributed by atoms with E-state index in [1.807, 2.05) is 44.2 Å². The van der Waals surface area contributed by atoms with Gasteiger partial charge in [-0.05, 0) is 43.3 Å². The molecule has 2 aromatic rings.